The summed E-state index contributed by atoms with van der Waals surface area (Å²) < 4.78 is 17.4. The maximum Gasteiger partial charge on any atom is 0.275 e. The van der Waals surface area contributed by atoms with Crippen molar-refractivity contribution < 1.29 is 18.6 Å². The van der Waals surface area contributed by atoms with E-state index in [-0.39, 0.29) is 39.7 Å². The second kappa shape index (κ2) is 15.8. The molecule has 0 fully saturated rings. The number of carbonyl (C=O) groups is 3. The second-order valence-corrected chi connectivity index (χ2v) is 14.9. The third-order valence-corrected chi connectivity index (χ3v) is 11.3. The molecule has 268 valence electrons. The van der Waals surface area contributed by atoms with Crippen molar-refractivity contribution in [3.05, 3.63) is 105 Å². The third-order valence-electron chi connectivity index (χ3n) is 9.77. The van der Waals surface area contributed by atoms with Crippen LogP contribution in [0.15, 0.2) is 65.6 Å². The summed E-state index contributed by atoms with van der Waals surface area (Å²) >= 11 is 6.84. The summed E-state index contributed by atoms with van der Waals surface area (Å²) in [7, 11) is -1.82. The number of amides is 3. The zero-order valence-electron chi connectivity index (χ0n) is 29.6. The van der Waals surface area contributed by atoms with Crippen molar-refractivity contribution in [2.45, 2.75) is 83.7 Å². The van der Waals surface area contributed by atoms with Gasteiger partial charge in [0.25, 0.3) is 17.7 Å². The number of anilines is 1. The van der Waals surface area contributed by atoms with Crippen LogP contribution in [0.1, 0.15) is 100 Å². The summed E-state index contributed by atoms with van der Waals surface area (Å²) in [6, 6.07) is 18.1. The Labute approximate surface area is 307 Å². The summed E-state index contributed by atoms with van der Waals surface area (Å²) in [5.74, 6) is -1.13. The van der Waals surface area contributed by atoms with Crippen LogP contribution in [-0.2, 0) is 30.4 Å². The van der Waals surface area contributed by atoms with Gasteiger partial charge in [0.15, 0.2) is 16.7 Å². The molecule has 0 radical (unpaired) electrons. The van der Waals surface area contributed by atoms with Gasteiger partial charge in [-0.25, -0.2) is 8.89 Å². The van der Waals surface area contributed by atoms with E-state index in [2.05, 4.69) is 30.0 Å². The zero-order chi connectivity index (χ0) is 36.2. The van der Waals surface area contributed by atoms with Crippen molar-refractivity contribution in [3.63, 3.8) is 0 Å². The molecule has 0 spiro atoms. The largest absolute Gasteiger partial charge is 0.384 e. The molecule has 51 heavy (non-hydrogen) atoms. The van der Waals surface area contributed by atoms with Crippen molar-refractivity contribution >= 4 is 46.0 Å². The van der Waals surface area contributed by atoms with E-state index < -0.39 is 16.9 Å². The number of nitrogens with one attached hydrogen (secondary N) is 2. The van der Waals surface area contributed by atoms with E-state index in [0.29, 0.717) is 42.3 Å². The first-order valence-corrected chi connectivity index (χ1v) is 19.3. The summed E-state index contributed by atoms with van der Waals surface area (Å²) in [5, 5.41) is 8.22. The molecule has 2 aliphatic heterocycles. The average molecular weight is 729 g/mol. The smallest absolute Gasteiger partial charge is 0.275 e. The predicted octanol–water partition coefficient (Wildman–Crippen LogP) is 6.88. The highest BCUT2D eigenvalue weighted by Crippen LogP contribution is 2.31. The Morgan fingerprint density at radius 2 is 1.73 bits per heavy atom. The molecule has 3 heterocycles. The fourth-order valence-electron chi connectivity index (χ4n) is 6.75. The number of hydrogen-bond acceptors (Lipinski definition) is 6. The molecule has 4 aromatic rings. The van der Waals surface area contributed by atoms with Crippen LogP contribution >= 0.6 is 11.6 Å². The molecule has 0 saturated heterocycles. The number of benzene rings is 3. The van der Waals surface area contributed by atoms with E-state index >= 15 is 0 Å². The van der Waals surface area contributed by atoms with E-state index in [9.17, 15) is 18.6 Å². The Morgan fingerprint density at radius 3 is 2.45 bits per heavy atom. The Hall–Kier alpha value is -4.48. The Bertz CT molecular complexity index is 1990. The van der Waals surface area contributed by atoms with Gasteiger partial charge in [-0.1, -0.05) is 62.6 Å². The first kappa shape index (κ1) is 36.3. The van der Waals surface area contributed by atoms with Gasteiger partial charge in [0.1, 0.15) is 0 Å². The van der Waals surface area contributed by atoms with Gasteiger partial charge in [-0.3, -0.25) is 19.1 Å². The number of aromatic nitrogens is 2. The monoisotopic (exact) mass is 728 g/mol. The molecule has 2 N–H and O–H groups in total. The number of carbonyl (C=O) groups excluding carboxylic acids is 3. The lowest BCUT2D eigenvalue weighted by Gasteiger charge is -2.35. The molecule has 3 amide bonds. The van der Waals surface area contributed by atoms with Crippen molar-refractivity contribution in [3.8, 4) is 5.69 Å². The summed E-state index contributed by atoms with van der Waals surface area (Å²) in [4.78, 5) is 46.1. The first-order valence-electron chi connectivity index (χ1n) is 17.8. The van der Waals surface area contributed by atoms with Crippen molar-refractivity contribution in [1.29, 1.82) is 0 Å². The topological polar surface area (TPSA) is 117 Å². The van der Waals surface area contributed by atoms with Gasteiger partial charge in [0.05, 0.1) is 26.9 Å². The summed E-state index contributed by atoms with van der Waals surface area (Å²) in [6.45, 7) is 10.4. The highest BCUT2D eigenvalue weighted by atomic mass is 35.5. The molecule has 0 saturated carbocycles. The quantitative estimate of drug-likeness (QED) is 0.164. The van der Waals surface area contributed by atoms with Crippen LogP contribution in [0.25, 0.3) is 5.69 Å². The molecule has 2 atom stereocenters. The van der Waals surface area contributed by atoms with Crippen LogP contribution in [0, 0.1) is 6.92 Å². The Kier molecular flexibility index (Phi) is 11.3. The number of unbranched alkanes of at least 4 members (excludes halogenated alkanes) is 2. The van der Waals surface area contributed by atoms with Crippen LogP contribution in [0.4, 0.5) is 5.69 Å². The lowest BCUT2D eigenvalue weighted by atomic mass is 9.94. The SMILES string of the molecule is CCCCN(CCCC)C(=O)c1nn(-c2ccc(C(=O)NS(=O)c3ccc4c(c3)CCN4)cc2C(=O)N2Cc3ccccc3CC2C)c(C)c1Cl. The van der Waals surface area contributed by atoms with Gasteiger partial charge < -0.3 is 15.1 Å². The van der Waals surface area contributed by atoms with Gasteiger partial charge >= 0.3 is 0 Å². The lowest BCUT2D eigenvalue weighted by molar-refractivity contribution is 0.0657. The van der Waals surface area contributed by atoms with E-state index in [4.69, 9.17) is 16.7 Å². The Balaban J connectivity index is 1.37. The minimum Gasteiger partial charge on any atom is -0.384 e. The molecule has 2 unspecified atom stereocenters. The minimum absolute atomic E-state index is 0.121. The second-order valence-electron chi connectivity index (χ2n) is 13.3. The highest BCUT2D eigenvalue weighted by molar-refractivity contribution is 7.83. The molecule has 10 nitrogen and oxygen atoms in total. The lowest BCUT2D eigenvalue weighted by Crippen LogP contribution is -2.43. The number of rotatable bonds is 12. The number of hydrogen-bond donors (Lipinski definition) is 2. The van der Waals surface area contributed by atoms with Crippen LogP contribution in [-0.4, -0.2) is 67.2 Å². The van der Waals surface area contributed by atoms with E-state index in [0.717, 1.165) is 55.5 Å². The average Bonchev–Trinajstić information content (AvgIpc) is 3.73. The van der Waals surface area contributed by atoms with Gasteiger partial charge in [-0.2, -0.15) is 5.10 Å². The summed E-state index contributed by atoms with van der Waals surface area (Å²) in [6.07, 6.45) is 5.12. The Morgan fingerprint density at radius 1 is 1.00 bits per heavy atom. The standard InChI is InChI=1S/C39H45ClN6O4S/c1-5-7-19-44(20-8-6-2)39(49)36-35(40)26(4)46(42-36)34-16-13-29(37(47)43-51(50)31-14-15-33-28(22-31)17-18-41-33)23-32(34)38(48)45-24-30-12-10-9-11-27(30)21-25(45)3/h9-16,22-23,25,41H,5-8,17-21,24H2,1-4H3,(H,43,47). The van der Waals surface area contributed by atoms with Crippen molar-refractivity contribution in [2.75, 3.05) is 25.0 Å². The molecular weight excluding hydrogens is 684 g/mol. The normalized spacial score (nSPS) is 15.5. The maximum atomic E-state index is 14.6. The fraction of sp³-hybridized carbons (Fsp3) is 0.385. The molecule has 0 aliphatic carbocycles. The molecule has 6 rings (SSSR count). The van der Waals surface area contributed by atoms with Gasteiger partial charge in [-0.15, -0.1) is 0 Å². The van der Waals surface area contributed by atoms with Crippen LogP contribution in [0.5, 0.6) is 0 Å². The minimum atomic E-state index is -1.82. The van der Waals surface area contributed by atoms with Crippen molar-refractivity contribution in [2.24, 2.45) is 0 Å². The van der Waals surface area contributed by atoms with Gasteiger partial charge in [0, 0.05) is 43.5 Å². The molecule has 2 aliphatic rings. The number of halogens is 1. The molecule has 3 aromatic carbocycles. The maximum absolute atomic E-state index is 14.6. The van der Waals surface area contributed by atoms with Crippen LogP contribution < -0.4 is 10.0 Å². The van der Waals surface area contributed by atoms with Gasteiger partial charge in [0.2, 0.25) is 0 Å². The third kappa shape index (κ3) is 7.60. The molecule has 1 aromatic heterocycles. The van der Waals surface area contributed by atoms with E-state index in [1.54, 1.807) is 34.9 Å². The van der Waals surface area contributed by atoms with E-state index in [1.165, 1.54) is 16.3 Å². The molecular formula is C39H45ClN6O4S. The van der Waals surface area contributed by atoms with E-state index in [1.807, 2.05) is 37.3 Å². The van der Waals surface area contributed by atoms with Crippen LogP contribution in [0.2, 0.25) is 5.02 Å². The fourth-order valence-corrected chi connectivity index (χ4v) is 7.80. The predicted molar refractivity (Wildman–Crippen MR) is 201 cm³/mol. The molecule has 0 bridgehead atoms. The highest BCUT2D eigenvalue weighted by Gasteiger charge is 2.32. The number of nitrogens with zero attached hydrogens (tertiary/aromatic N) is 4. The number of fused-ring (bicyclic) bond motifs is 2. The van der Waals surface area contributed by atoms with Gasteiger partial charge in [-0.05, 0) is 92.6 Å². The molecule has 12 heteroatoms. The zero-order valence-corrected chi connectivity index (χ0v) is 31.2. The van der Waals surface area contributed by atoms with Crippen molar-refractivity contribution in [1.82, 2.24) is 24.3 Å². The summed E-state index contributed by atoms with van der Waals surface area (Å²) in [5.41, 5.74) is 5.72. The first-order chi connectivity index (χ1) is 24.6. The van der Waals surface area contributed by atoms with Crippen LogP contribution in [0.3, 0.4) is 0 Å².